The summed E-state index contributed by atoms with van der Waals surface area (Å²) in [5.41, 5.74) is 2.22. The zero-order valence-electron chi connectivity index (χ0n) is 12.3. The Balaban J connectivity index is 2.12. The third kappa shape index (κ3) is 3.73. The summed E-state index contributed by atoms with van der Waals surface area (Å²) in [6.07, 6.45) is 3.09. The number of ether oxygens (including phenoxy) is 1. The Bertz CT molecular complexity index is 467. The lowest BCUT2D eigenvalue weighted by atomic mass is 9.99. The van der Waals surface area contributed by atoms with Gasteiger partial charge in [-0.05, 0) is 44.0 Å². The van der Waals surface area contributed by atoms with Gasteiger partial charge in [-0.2, -0.15) is 0 Å². The van der Waals surface area contributed by atoms with Crippen molar-refractivity contribution in [3.63, 3.8) is 0 Å². The van der Waals surface area contributed by atoms with Crippen molar-refractivity contribution in [3.05, 3.63) is 29.3 Å². The number of methoxy groups -OCH3 is 1. The van der Waals surface area contributed by atoms with Gasteiger partial charge in [0.1, 0.15) is 5.75 Å². The van der Waals surface area contributed by atoms with Gasteiger partial charge in [-0.25, -0.2) is 0 Å². The van der Waals surface area contributed by atoms with Crippen molar-refractivity contribution in [3.8, 4) is 5.75 Å². The first-order chi connectivity index (χ1) is 9.60. The van der Waals surface area contributed by atoms with Crippen molar-refractivity contribution in [1.29, 1.82) is 0 Å². The standard InChI is InChI=1S/C16H23NO3/c1-12(16(18)19)9-13-5-6-15(20-2)14(10-13)11-17-7-3-4-8-17/h5-6,10,12H,3-4,7-9,11H2,1-2H3,(H,18,19). The van der Waals surface area contributed by atoms with Crippen LogP contribution in [0.5, 0.6) is 5.75 Å². The molecule has 4 heteroatoms. The Morgan fingerprint density at radius 2 is 2.10 bits per heavy atom. The molecule has 2 rings (SSSR count). The van der Waals surface area contributed by atoms with Crippen LogP contribution in [-0.2, 0) is 17.8 Å². The molecule has 0 amide bonds. The maximum Gasteiger partial charge on any atom is 0.306 e. The van der Waals surface area contributed by atoms with Crippen LogP contribution in [0, 0.1) is 5.92 Å². The number of rotatable bonds is 6. The van der Waals surface area contributed by atoms with Crippen LogP contribution in [0.2, 0.25) is 0 Å². The number of benzene rings is 1. The van der Waals surface area contributed by atoms with Gasteiger partial charge in [0.2, 0.25) is 0 Å². The van der Waals surface area contributed by atoms with Crippen LogP contribution in [0.25, 0.3) is 0 Å². The minimum atomic E-state index is -0.748. The molecule has 1 saturated heterocycles. The van der Waals surface area contributed by atoms with Crippen molar-refractivity contribution in [1.82, 2.24) is 4.90 Å². The zero-order valence-corrected chi connectivity index (χ0v) is 12.3. The molecule has 1 aromatic rings. The fraction of sp³-hybridized carbons (Fsp3) is 0.562. The Labute approximate surface area is 120 Å². The smallest absolute Gasteiger partial charge is 0.306 e. The lowest BCUT2D eigenvalue weighted by Gasteiger charge is -2.18. The highest BCUT2D eigenvalue weighted by atomic mass is 16.5. The number of aliphatic carboxylic acids is 1. The summed E-state index contributed by atoms with van der Waals surface area (Å²) < 4.78 is 5.42. The fourth-order valence-corrected chi connectivity index (χ4v) is 2.70. The number of carboxylic acids is 1. The van der Waals surface area contributed by atoms with Crippen LogP contribution < -0.4 is 4.74 Å². The normalized spacial score (nSPS) is 17.1. The van der Waals surface area contributed by atoms with Gasteiger partial charge in [-0.3, -0.25) is 9.69 Å². The number of likely N-dealkylation sites (tertiary alicyclic amines) is 1. The third-order valence-electron chi connectivity index (χ3n) is 3.90. The highest BCUT2D eigenvalue weighted by molar-refractivity contribution is 5.69. The average molecular weight is 277 g/mol. The quantitative estimate of drug-likeness (QED) is 0.868. The van der Waals surface area contributed by atoms with Gasteiger partial charge in [0, 0.05) is 12.1 Å². The van der Waals surface area contributed by atoms with E-state index in [1.807, 2.05) is 12.1 Å². The molecule has 1 N–H and O–H groups in total. The largest absolute Gasteiger partial charge is 0.496 e. The summed E-state index contributed by atoms with van der Waals surface area (Å²) in [6.45, 7) is 4.91. The Hall–Kier alpha value is -1.55. The van der Waals surface area contributed by atoms with Crippen LogP contribution in [0.4, 0.5) is 0 Å². The third-order valence-corrected chi connectivity index (χ3v) is 3.90. The lowest BCUT2D eigenvalue weighted by molar-refractivity contribution is -0.141. The van der Waals surface area contributed by atoms with Crippen LogP contribution in [0.3, 0.4) is 0 Å². The van der Waals surface area contributed by atoms with Gasteiger partial charge in [0.15, 0.2) is 0 Å². The van der Waals surface area contributed by atoms with E-state index in [0.29, 0.717) is 6.42 Å². The van der Waals surface area contributed by atoms with Crippen LogP contribution in [0.1, 0.15) is 30.9 Å². The van der Waals surface area contributed by atoms with Gasteiger partial charge in [0.05, 0.1) is 13.0 Å². The van der Waals surface area contributed by atoms with Gasteiger partial charge >= 0.3 is 5.97 Å². The average Bonchev–Trinajstić information content (AvgIpc) is 2.92. The minimum Gasteiger partial charge on any atom is -0.496 e. The van der Waals surface area contributed by atoms with E-state index in [1.54, 1.807) is 14.0 Å². The number of hydrogen-bond acceptors (Lipinski definition) is 3. The molecule has 20 heavy (non-hydrogen) atoms. The molecule has 1 atom stereocenters. The van der Waals surface area contributed by atoms with Gasteiger partial charge in [0.25, 0.3) is 0 Å². The highest BCUT2D eigenvalue weighted by Crippen LogP contribution is 2.24. The molecule has 1 unspecified atom stereocenters. The number of nitrogens with zero attached hydrogens (tertiary/aromatic N) is 1. The highest BCUT2D eigenvalue weighted by Gasteiger charge is 2.16. The molecule has 0 bridgehead atoms. The molecular weight excluding hydrogens is 254 g/mol. The Morgan fingerprint density at radius 3 is 2.70 bits per heavy atom. The van der Waals surface area contributed by atoms with Gasteiger partial charge in [-0.15, -0.1) is 0 Å². The second-order valence-electron chi connectivity index (χ2n) is 5.57. The first kappa shape index (κ1) is 14.9. The van der Waals surface area contributed by atoms with E-state index in [2.05, 4.69) is 11.0 Å². The molecule has 1 aliphatic heterocycles. The van der Waals surface area contributed by atoms with E-state index in [9.17, 15) is 4.79 Å². The molecule has 0 saturated carbocycles. The van der Waals surface area contributed by atoms with Crippen molar-refractivity contribution in [2.75, 3.05) is 20.2 Å². The first-order valence-electron chi connectivity index (χ1n) is 7.21. The predicted molar refractivity (Wildman–Crippen MR) is 78.0 cm³/mol. The number of carboxylic acid groups (broad SMARTS) is 1. The summed E-state index contributed by atoms with van der Waals surface area (Å²) in [5, 5.41) is 9.01. The van der Waals surface area contributed by atoms with E-state index in [0.717, 1.165) is 36.5 Å². The van der Waals surface area contributed by atoms with E-state index in [1.165, 1.54) is 12.8 Å². The summed E-state index contributed by atoms with van der Waals surface area (Å²) in [4.78, 5) is 13.4. The Morgan fingerprint density at radius 1 is 1.40 bits per heavy atom. The molecule has 1 aromatic carbocycles. The van der Waals surface area contributed by atoms with E-state index in [4.69, 9.17) is 9.84 Å². The van der Waals surface area contributed by atoms with Crippen molar-refractivity contribution in [2.45, 2.75) is 32.7 Å². The molecule has 1 fully saturated rings. The van der Waals surface area contributed by atoms with E-state index in [-0.39, 0.29) is 5.92 Å². The molecule has 1 aliphatic rings. The monoisotopic (exact) mass is 277 g/mol. The second kappa shape index (κ2) is 6.75. The van der Waals surface area contributed by atoms with Crippen molar-refractivity contribution < 1.29 is 14.6 Å². The van der Waals surface area contributed by atoms with Gasteiger partial charge in [-0.1, -0.05) is 19.1 Å². The van der Waals surface area contributed by atoms with E-state index < -0.39 is 5.97 Å². The molecule has 0 aliphatic carbocycles. The Kier molecular flexibility index (Phi) is 5.01. The summed E-state index contributed by atoms with van der Waals surface area (Å²) in [7, 11) is 1.68. The molecular formula is C16H23NO3. The van der Waals surface area contributed by atoms with Crippen LogP contribution in [0.15, 0.2) is 18.2 Å². The summed E-state index contributed by atoms with van der Waals surface area (Å²) >= 11 is 0. The molecule has 4 nitrogen and oxygen atoms in total. The van der Waals surface area contributed by atoms with Crippen LogP contribution in [-0.4, -0.2) is 36.2 Å². The number of hydrogen-bond donors (Lipinski definition) is 1. The minimum absolute atomic E-state index is 0.358. The maximum absolute atomic E-state index is 11.0. The second-order valence-corrected chi connectivity index (χ2v) is 5.57. The van der Waals surface area contributed by atoms with Crippen molar-refractivity contribution >= 4 is 5.97 Å². The SMILES string of the molecule is COc1ccc(CC(C)C(=O)O)cc1CN1CCCC1. The molecule has 0 spiro atoms. The van der Waals surface area contributed by atoms with Gasteiger partial charge < -0.3 is 9.84 Å². The molecule has 0 aromatic heterocycles. The number of carbonyl (C=O) groups is 1. The maximum atomic E-state index is 11.0. The predicted octanol–water partition coefficient (Wildman–Crippen LogP) is 2.55. The topological polar surface area (TPSA) is 49.8 Å². The first-order valence-corrected chi connectivity index (χ1v) is 7.21. The molecule has 0 radical (unpaired) electrons. The summed E-state index contributed by atoms with van der Waals surface area (Å²) in [5.74, 6) is -0.214. The van der Waals surface area contributed by atoms with E-state index >= 15 is 0 Å². The van der Waals surface area contributed by atoms with Crippen molar-refractivity contribution in [2.24, 2.45) is 5.92 Å². The zero-order chi connectivity index (χ0) is 14.5. The summed E-state index contributed by atoms with van der Waals surface area (Å²) in [6, 6.07) is 6.01. The van der Waals surface area contributed by atoms with Crippen LogP contribution >= 0.6 is 0 Å². The molecule has 1 heterocycles. The fourth-order valence-electron chi connectivity index (χ4n) is 2.70. The molecule has 110 valence electrons. The lowest BCUT2D eigenvalue weighted by Crippen LogP contribution is -2.19.